The van der Waals surface area contributed by atoms with Crippen LogP contribution >= 0.6 is 90.4 Å². The molecular formula is C18H14I4LiNO3S2. The van der Waals surface area contributed by atoms with Gasteiger partial charge in [-0.1, -0.05) is 18.2 Å². The molecule has 0 aliphatic rings. The number of nitrogens with two attached hydrogens (primary N) is 1. The van der Waals surface area contributed by atoms with Crippen LogP contribution in [0.25, 0.3) is 0 Å². The Morgan fingerprint density at radius 1 is 0.655 bits per heavy atom. The monoisotopic (exact) mass is 871 g/mol. The maximum Gasteiger partial charge on any atom is 1.00 e. The molecule has 0 fully saturated rings. The summed E-state index contributed by atoms with van der Waals surface area (Å²) in [5.74, 6) is 0. The fourth-order valence-electron chi connectivity index (χ4n) is 1.62. The second-order valence-corrected chi connectivity index (χ2v) is 11.9. The zero-order chi connectivity index (χ0) is 21.1. The van der Waals surface area contributed by atoms with Crippen molar-refractivity contribution in [1.29, 1.82) is 0 Å². The molecule has 29 heavy (non-hydrogen) atoms. The molecule has 2 N–H and O–H groups in total. The van der Waals surface area contributed by atoms with Crippen molar-refractivity contribution in [2.24, 2.45) is 5.14 Å². The maximum atomic E-state index is 10.7. The Balaban J connectivity index is 0.000000401. The molecule has 0 saturated carbocycles. The van der Waals surface area contributed by atoms with Crippen LogP contribution in [0.2, 0.25) is 0 Å². The molecule has 0 saturated heterocycles. The Morgan fingerprint density at radius 2 is 1.00 bits per heavy atom. The van der Waals surface area contributed by atoms with E-state index in [0.717, 1.165) is 7.14 Å². The van der Waals surface area contributed by atoms with Gasteiger partial charge in [-0.15, -0.1) is 0 Å². The molecule has 11 heteroatoms. The Morgan fingerprint density at radius 3 is 1.24 bits per heavy atom. The Hall–Kier alpha value is 1.40. The first kappa shape index (κ1) is 30.4. The van der Waals surface area contributed by atoms with E-state index in [2.05, 4.69) is 115 Å². The van der Waals surface area contributed by atoms with Gasteiger partial charge in [0.15, 0.2) is 0 Å². The van der Waals surface area contributed by atoms with Crippen LogP contribution in [0.4, 0.5) is 0 Å². The summed E-state index contributed by atoms with van der Waals surface area (Å²) in [6.07, 6.45) is 0. The van der Waals surface area contributed by atoms with Gasteiger partial charge in [0.25, 0.3) is 0 Å². The number of rotatable bonds is 2. The molecule has 0 amide bonds. The van der Waals surface area contributed by atoms with Crippen LogP contribution < -0.4 is 24.0 Å². The van der Waals surface area contributed by atoms with Crippen LogP contribution in [-0.2, 0) is 22.1 Å². The fraction of sp³-hybridized carbons (Fsp3) is 0. The predicted molar refractivity (Wildman–Crippen MR) is 148 cm³/mol. The molecule has 3 aromatic rings. The summed E-state index contributed by atoms with van der Waals surface area (Å²) in [7, 11) is -1.34. The maximum absolute atomic E-state index is 10.7. The molecule has 0 bridgehead atoms. The fourth-order valence-corrected chi connectivity index (χ4v) is 5.68. The molecule has 3 aromatic carbocycles. The minimum atomic E-state index is -2.09. The number of halogens is 4. The van der Waals surface area contributed by atoms with E-state index in [-0.39, 0.29) is 18.9 Å². The van der Waals surface area contributed by atoms with Crippen LogP contribution in [0, 0.1) is 14.3 Å². The first-order valence-electron chi connectivity index (χ1n) is 7.36. The molecule has 0 heterocycles. The van der Waals surface area contributed by atoms with Crippen molar-refractivity contribution in [3.8, 4) is 0 Å². The molecule has 0 radical (unpaired) electrons. The number of benzene rings is 3. The van der Waals surface area contributed by atoms with Crippen LogP contribution in [0.1, 0.15) is 0 Å². The zero-order valence-corrected chi connectivity index (χ0v) is 25.3. The van der Waals surface area contributed by atoms with Gasteiger partial charge in [-0.3, -0.25) is 4.21 Å². The minimum absolute atomic E-state index is 0. The second kappa shape index (κ2) is 17.0. The van der Waals surface area contributed by atoms with E-state index in [0.29, 0.717) is 9.79 Å². The van der Waals surface area contributed by atoms with E-state index in [1.165, 1.54) is 7.14 Å². The van der Waals surface area contributed by atoms with Gasteiger partial charge in [0.1, 0.15) is 11.0 Å². The molecule has 2 atom stereocenters. The van der Waals surface area contributed by atoms with E-state index in [4.69, 9.17) is 5.14 Å². The van der Waals surface area contributed by atoms with Crippen molar-refractivity contribution in [2.45, 2.75) is 9.79 Å². The Labute approximate surface area is 242 Å². The van der Waals surface area contributed by atoms with E-state index in [1.54, 1.807) is 30.3 Å². The summed E-state index contributed by atoms with van der Waals surface area (Å²) in [6.45, 7) is 0. The second-order valence-electron chi connectivity index (χ2n) is 4.89. The minimum Gasteiger partial charge on any atom is -0.768 e. The van der Waals surface area contributed by atoms with Crippen molar-refractivity contribution in [1.82, 2.24) is 0 Å². The number of hydrogen-bond acceptors (Lipinski definition) is 3. The summed E-state index contributed by atoms with van der Waals surface area (Å²) in [5.41, 5.74) is 0. The van der Waals surface area contributed by atoms with Gasteiger partial charge in [-0.2, -0.15) is 0 Å². The molecule has 0 spiro atoms. The van der Waals surface area contributed by atoms with Crippen molar-refractivity contribution in [3.63, 3.8) is 0 Å². The molecule has 150 valence electrons. The van der Waals surface area contributed by atoms with Gasteiger partial charge in [-0.25, -0.2) is 9.35 Å². The van der Waals surface area contributed by atoms with Crippen molar-refractivity contribution in [3.05, 3.63) is 87.1 Å². The average molecular weight is 871 g/mol. The van der Waals surface area contributed by atoms with Gasteiger partial charge in [-0.05, 0) is 156 Å². The molecule has 0 aliphatic heterocycles. The van der Waals surface area contributed by atoms with Crippen molar-refractivity contribution in [2.75, 3.05) is 0 Å². The van der Waals surface area contributed by atoms with E-state index in [1.807, 2.05) is 18.2 Å². The van der Waals surface area contributed by atoms with E-state index >= 15 is 0 Å². The third-order valence-corrected chi connectivity index (χ3v) is 6.84. The SMILES string of the molecule is Ic1cccc(I)c1.NS(=O)c1cccc(I)c1.O=S([O-])c1cccc(I)c1.[Li+]. The van der Waals surface area contributed by atoms with Gasteiger partial charge in [0.05, 0.1) is 4.90 Å². The quantitative estimate of drug-likeness (QED) is 0.245. The third-order valence-electron chi connectivity index (χ3n) is 2.80. The average Bonchev–Trinajstić information content (AvgIpc) is 2.62. The standard InChI is InChI=1S/C6H4I2.C6H6INOS.C6H5IO2S.Li/c7-5-2-1-3-6(8)4-5;2*7-5-2-1-3-6(4-5)10(8)9;/h1-4H;1-4H,8H2;1-4H,(H,8,9);/q;;;+1/p-1. The molecule has 0 aromatic heterocycles. The van der Waals surface area contributed by atoms with Crippen molar-refractivity contribution < 1.29 is 31.8 Å². The van der Waals surface area contributed by atoms with Crippen LogP contribution in [-0.4, -0.2) is 13.0 Å². The van der Waals surface area contributed by atoms with E-state index < -0.39 is 22.1 Å². The first-order chi connectivity index (χ1) is 13.2. The first-order valence-corrected chi connectivity index (χ1v) is 14.0. The normalized spacial score (nSPS) is 11.5. The van der Waals surface area contributed by atoms with Gasteiger partial charge in [0, 0.05) is 19.2 Å². The summed E-state index contributed by atoms with van der Waals surface area (Å²) in [5, 5.41) is 5.15. The predicted octanol–water partition coefficient (Wildman–Crippen LogP) is 2.70. The van der Waals surface area contributed by atoms with Crippen LogP contribution in [0.5, 0.6) is 0 Å². The van der Waals surface area contributed by atoms with Crippen molar-refractivity contribution >= 4 is 112 Å². The summed E-state index contributed by atoms with van der Waals surface area (Å²) in [6, 6.07) is 22.4. The summed E-state index contributed by atoms with van der Waals surface area (Å²) >= 11 is 6.72. The van der Waals surface area contributed by atoms with E-state index in [9.17, 15) is 13.0 Å². The smallest absolute Gasteiger partial charge is 0.768 e. The summed E-state index contributed by atoms with van der Waals surface area (Å²) in [4.78, 5) is 1.01. The molecule has 3 rings (SSSR count). The largest absolute Gasteiger partial charge is 1.00 e. The van der Waals surface area contributed by atoms with Crippen LogP contribution in [0.15, 0.2) is 82.6 Å². The third kappa shape index (κ3) is 14.2. The Kier molecular flexibility index (Phi) is 17.8. The molecular weight excluding hydrogens is 857 g/mol. The Bertz CT molecular complexity index is 891. The number of hydrogen-bond donors (Lipinski definition) is 1. The summed E-state index contributed by atoms with van der Waals surface area (Å²) < 4.78 is 36.0. The zero-order valence-electron chi connectivity index (χ0n) is 15.1. The molecule has 4 nitrogen and oxygen atoms in total. The van der Waals surface area contributed by atoms with Gasteiger partial charge >= 0.3 is 18.9 Å². The van der Waals surface area contributed by atoms with Gasteiger partial charge < -0.3 is 4.55 Å². The van der Waals surface area contributed by atoms with Crippen LogP contribution in [0.3, 0.4) is 0 Å². The molecule has 2 unspecified atom stereocenters. The van der Waals surface area contributed by atoms with Gasteiger partial charge in [0.2, 0.25) is 0 Å². The topological polar surface area (TPSA) is 83.2 Å². The molecule has 0 aliphatic carbocycles.